The van der Waals surface area contributed by atoms with Crippen molar-refractivity contribution >= 4 is 5.95 Å². The third-order valence-electron chi connectivity index (χ3n) is 3.45. The molecule has 0 amide bonds. The number of imidazole rings is 1. The van der Waals surface area contributed by atoms with Crippen LogP contribution < -0.4 is 5.32 Å². The van der Waals surface area contributed by atoms with Crippen molar-refractivity contribution in [1.82, 2.24) is 9.55 Å². The molecule has 4 nitrogen and oxygen atoms in total. The van der Waals surface area contributed by atoms with Gasteiger partial charge < -0.3 is 14.6 Å². The van der Waals surface area contributed by atoms with Crippen molar-refractivity contribution in [2.24, 2.45) is 0 Å². The molecule has 1 aliphatic rings. The molecular formula is C13H23N3O. The van der Waals surface area contributed by atoms with E-state index in [1.54, 1.807) is 7.11 Å². The van der Waals surface area contributed by atoms with Crippen LogP contribution in [0, 0.1) is 0 Å². The van der Waals surface area contributed by atoms with Crippen LogP contribution in [0.2, 0.25) is 0 Å². The molecule has 1 aliphatic carbocycles. The number of aromatic nitrogens is 2. The molecule has 1 N–H and O–H groups in total. The minimum Gasteiger partial charge on any atom is -0.385 e. The number of methoxy groups -OCH3 is 1. The number of nitrogens with one attached hydrogen (secondary N) is 1. The second-order valence-electron chi connectivity index (χ2n) is 4.72. The smallest absolute Gasteiger partial charge is 0.203 e. The fourth-order valence-corrected chi connectivity index (χ4v) is 2.50. The average Bonchev–Trinajstić information content (AvgIpc) is 2.98. The number of hydrogen-bond donors (Lipinski definition) is 1. The highest BCUT2D eigenvalue weighted by Gasteiger charge is 2.18. The Morgan fingerprint density at radius 3 is 3.00 bits per heavy atom. The Kier molecular flexibility index (Phi) is 4.86. The minimum atomic E-state index is 0.666. The molecule has 0 spiro atoms. The summed E-state index contributed by atoms with van der Waals surface area (Å²) in [5.41, 5.74) is 0. The number of nitrogens with zero attached hydrogens (tertiary/aromatic N) is 2. The standard InChI is InChI=1S/C13H23N3O/c1-17-11-5-4-8-14-13-15-9-10-16(13)12-6-2-3-7-12/h9-10,12H,2-8,11H2,1H3,(H,14,15). The van der Waals surface area contributed by atoms with Crippen molar-refractivity contribution in [2.45, 2.75) is 44.6 Å². The molecule has 0 unspecified atom stereocenters. The molecule has 0 aromatic carbocycles. The molecule has 0 saturated heterocycles. The van der Waals surface area contributed by atoms with Crippen molar-refractivity contribution < 1.29 is 4.74 Å². The lowest BCUT2D eigenvalue weighted by Crippen LogP contribution is -2.12. The van der Waals surface area contributed by atoms with Crippen LogP contribution >= 0.6 is 0 Å². The first kappa shape index (κ1) is 12.4. The first-order valence-corrected chi connectivity index (χ1v) is 6.67. The van der Waals surface area contributed by atoms with Crippen molar-refractivity contribution in [1.29, 1.82) is 0 Å². The molecule has 1 aromatic rings. The zero-order chi connectivity index (χ0) is 11.9. The van der Waals surface area contributed by atoms with Crippen LogP contribution in [0.5, 0.6) is 0 Å². The SMILES string of the molecule is COCCCCNc1nccn1C1CCCC1. The van der Waals surface area contributed by atoms with Crippen LogP contribution in [0.15, 0.2) is 12.4 Å². The van der Waals surface area contributed by atoms with Gasteiger partial charge in [0.1, 0.15) is 0 Å². The second kappa shape index (κ2) is 6.64. The van der Waals surface area contributed by atoms with Gasteiger partial charge in [-0.1, -0.05) is 12.8 Å². The summed E-state index contributed by atoms with van der Waals surface area (Å²) < 4.78 is 7.34. The van der Waals surface area contributed by atoms with Crippen molar-refractivity contribution in [3.63, 3.8) is 0 Å². The number of rotatable bonds is 7. The fourth-order valence-electron chi connectivity index (χ4n) is 2.50. The Balaban J connectivity index is 1.78. The van der Waals surface area contributed by atoms with E-state index in [1.165, 1.54) is 25.7 Å². The van der Waals surface area contributed by atoms with E-state index < -0.39 is 0 Å². The van der Waals surface area contributed by atoms with Gasteiger partial charge in [-0.05, 0) is 25.7 Å². The molecular weight excluding hydrogens is 214 g/mol. The molecule has 1 heterocycles. The van der Waals surface area contributed by atoms with Crippen LogP contribution in [0.1, 0.15) is 44.6 Å². The summed E-state index contributed by atoms with van der Waals surface area (Å²) >= 11 is 0. The molecule has 0 radical (unpaired) electrons. The predicted molar refractivity (Wildman–Crippen MR) is 69.3 cm³/mol. The summed E-state index contributed by atoms with van der Waals surface area (Å²) in [6, 6.07) is 0.666. The zero-order valence-electron chi connectivity index (χ0n) is 10.7. The van der Waals surface area contributed by atoms with E-state index >= 15 is 0 Å². The number of unbranched alkanes of at least 4 members (excludes halogenated alkanes) is 1. The van der Waals surface area contributed by atoms with Gasteiger partial charge in [0.25, 0.3) is 0 Å². The normalized spacial score (nSPS) is 16.5. The summed E-state index contributed by atoms with van der Waals surface area (Å²) in [5, 5.41) is 3.43. The first-order valence-electron chi connectivity index (χ1n) is 6.67. The van der Waals surface area contributed by atoms with Gasteiger partial charge in [-0.25, -0.2) is 4.98 Å². The Hall–Kier alpha value is -1.03. The van der Waals surface area contributed by atoms with Crippen LogP contribution in [0.3, 0.4) is 0 Å². The highest BCUT2D eigenvalue weighted by atomic mass is 16.5. The fraction of sp³-hybridized carbons (Fsp3) is 0.769. The maximum absolute atomic E-state index is 5.04. The van der Waals surface area contributed by atoms with Gasteiger partial charge in [0.2, 0.25) is 5.95 Å². The molecule has 17 heavy (non-hydrogen) atoms. The summed E-state index contributed by atoms with van der Waals surface area (Å²) in [4.78, 5) is 4.40. The molecule has 0 bridgehead atoms. The Labute approximate surface area is 103 Å². The lowest BCUT2D eigenvalue weighted by Gasteiger charge is -2.15. The number of ether oxygens (including phenoxy) is 1. The van der Waals surface area contributed by atoms with Gasteiger partial charge in [0, 0.05) is 38.7 Å². The quantitative estimate of drug-likeness (QED) is 0.741. The van der Waals surface area contributed by atoms with Crippen LogP contribution in [0.25, 0.3) is 0 Å². The summed E-state index contributed by atoms with van der Waals surface area (Å²) in [5.74, 6) is 1.04. The molecule has 1 fully saturated rings. The van der Waals surface area contributed by atoms with E-state index in [9.17, 15) is 0 Å². The van der Waals surface area contributed by atoms with Gasteiger partial charge >= 0.3 is 0 Å². The molecule has 4 heteroatoms. The van der Waals surface area contributed by atoms with E-state index in [0.717, 1.165) is 31.9 Å². The van der Waals surface area contributed by atoms with E-state index in [0.29, 0.717) is 6.04 Å². The summed E-state index contributed by atoms with van der Waals surface area (Å²) in [6.07, 6.45) is 11.6. The van der Waals surface area contributed by atoms with Crippen molar-refractivity contribution in [3.8, 4) is 0 Å². The van der Waals surface area contributed by atoms with Crippen LogP contribution in [0.4, 0.5) is 5.95 Å². The number of anilines is 1. The van der Waals surface area contributed by atoms with Gasteiger partial charge in [-0.15, -0.1) is 0 Å². The summed E-state index contributed by atoms with van der Waals surface area (Å²) in [7, 11) is 1.75. The van der Waals surface area contributed by atoms with E-state index in [2.05, 4.69) is 21.1 Å². The average molecular weight is 237 g/mol. The van der Waals surface area contributed by atoms with Gasteiger partial charge in [0.15, 0.2) is 0 Å². The maximum Gasteiger partial charge on any atom is 0.203 e. The molecule has 2 rings (SSSR count). The van der Waals surface area contributed by atoms with Crippen molar-refractivity contribution in [3.05, 3.63) is 12.4 Å². The van der Waals surface area contributed by atoms with E-state index in [4.69, 9.17) is 4.74 Å². The molecule has 0 atom stereocenters. The molecule has 1 saturated carbocycles. The monoisotopic (exact) mass is 237 g/mol. The largest absolute Gasteiger partial charge is 0.385 e. The third kappa shape index (κ3) is 3.46. The van der Waals surface area contributed by atoms with Crippen molar-refractivity contribution in [2.75, 3.05) is 25.6 Å². The lowest BCUT2D eigenvalue weighted by atomic mass is 10.2. The topological polar surface area (TPSA) is 39.1 Å². The molecule has 1 aromatic heterocycles. The first-order chi connectivity index (χ1) is 8.42. The van der Waals surface area contributed by atoms with Gasteiger partial charge in [-0.3, -0.25) is 0 Å². The van der Waals surface area contributed by atoms with Crippen LogP contribution in [-0.4, -0.2) is 29.8 Å². The Bertz CT molecular complexity index is 318. The predicted octanol–water partition coefficient (Wildman–Crippen LogP) is 2.84. The van der Waals surface area contributed by atoms with Crippen LogP contribution in [-0.2, 0) is 4.74 Å². The van der Waals surface area contributed by atoms with Gasteiger partial charge in [-0.2, -0.15) is 0 Å². The highest BCUT2D eigenvalue weighted by Crippen LogP contribution is 2.31. The van der Waals surface area contributed by atoms with E-state index in [-0.39, 0.29) is 0 Å². The lowest BCUT2D eigenvalue weighted by molar-refractivity contribution is 0.193. The molecule has 96 valence electrons. The summed E-state index contributed by atoms with van der Waals surface area (Å²) in [6.45, 7) is 1.83. The maximum atomic E-state index is 5.04. The molecule has 0 aliphatic heterocycles. The third-order valence-corrected chi connectivity index (χ3v) is 3.45. The second-order valence-corrected chi connectivity index (χ2v) is 4.72. The minimum absolute atomic E-state index is 0.666. The van der Waals surface area contributed by atoms with Gasteiger partial charge in [0.05, 0.1) is 0 Å². The Morgan fingerprint density at radius 1 is 1.41 bits per heavy atom. The van der Waals surface area contributed by atoms with E-state index in [1.807, 2.05) is 6.20 Å². The Morgan fingerprint density at radius 2 is 2.24 bits per heavy atom. The highest BCUT2D eigenvalue weighted by molar-refractivity contribution is 5.26. The number of hydrogen-bond acceptors (Lipinski definition) is 3. The zero-order valence-corrected chi connectivity index (χ0v) is 10.7.